The van der Waals surface area contributed by atoms with E-state index in [4.69, 9.17) is 4.74 Å². The minimum Gasteiger partial charge on any atom is -0.495 e. The maximum absolute atomic E-state index is 12.5. The number of hydrogen-bond acceptors (Lipinski definition) is 3. The number of nitrogens with zero attached hydrogens (tertiary/aromatic N) is 2. The molecule has 1 amide bonds. The summed E-state index contributed by atoms with van der Waals surface area (Å²) >= 11 is 0. The molecule has 2 heterocycles. The van der Waals surface area contributed by atoms with Gasteiger partial charge in [0.15, 0.2) is 0 Å². The molecule has 2 aromatic rings. The van der Waals surface area contributed by atoms with Crippen LogP contribution >= 0.6 is 0 Å². The molecule has 23 heavy (non-hydrogen) atoms. The molecule has 1 fully saturated rings. The summed E-state index contributed by atoms with van der Waals surface area (Å²) in [4.78, 5) is 18.7. The zero-order valence-corrected chi connectivity index (χ0v) is 13.4. The summed E-state index contributed by atoms with van der Waals surface area (Å²) in [5.74, 6) is 1.40. The van der Waals surface area contributed by atoms with Crippen molar-refractivity contribution < 1.29 is 9.53 Å². The molecule has 0 saturated carbocycles. The van der Waals surface area contributed by atoms with Crippen LogP contribution in [-0.4, -0.2) is 29.4 Å². The van der Waals surface area contributed by atoms with Crippen LogP contribution in [0, 0.1) is 0 Å². The number of ether oxygens (including phenoxy) is 1. The zero-order chi connectivity index (χ0) is 16.1. The van der Waals surface area contributed by atoms with E-state index in [1.807, 2.05) is 23.1 Å². The fraction of sp³-hybridized carbons (Fsp3) is 0.368. The highest BCUT2D eigenvalue weighted by Gasteiger charge is 2.24. The van der Waals surface area contributed by atoms with Gasteiger partial charge in [0.2, 0.25) is 5.91 Å². The lowest BCUT2D eigenvalue weighted by atomic mass is 9.92. The molecule has 1 aromatic heterocycles. The summed E-state index contributed by atoms with van der Waals surface area (Å²) in [5.41, 5.74) is 2.15. The summed E-state index contributed by atoms with van der Waals surface area (Å²) in [6.45, 7) is 1.28. The van der Waals surface area contributed by atoms with Crippen molar-refractivity contribution >= 4 is 5.91 Å². The SMILES string of the molecule is COc1cccnc1CN1CCC(c2ccccc2)CCC1=O. The van der Waals surface area contributed by atoms with Gasteiger partial charge in [-0.15, -0.1) is 0 Å². The molecule has 3 rings (SSSR count). The third-order valence-corrected chi connectivity index (χ3v) is 4.49. The predicted octanol–water partition coefficient (Wildman–Crippen LogP) is 3.39. The minimum absolute atomic E-state index is 0.205. The van der Waals surface area contributed by atoms with Crippen LogP contribution in [0.4, 0.5) is 0 Å². The third-order valence-electron chi connectivity index (χ3n) is 4.49. The highest BCUT2D eigenvalue weighted by atomic mass is 16.5. The topological polar surface area (TPSA) is 42.4 Å². The molecule has 120 valence electrons. The van der Waals surface area contributed by atoms with Gasteiger partial charge in [0.1, 0.15) is 11.4 Å². The lowest BCUT2D eigenvalue weighted by molar-refractivity contribution is -0.131. The summed E-state index contributed by atoms with van der Waals surface area (Å²) in [7, 11) is 1.64. The van der Waals surface area contributed by atoms with Gasteiger partial charge < -0.3 is 9.64 Å². The van der Waals surface area contributed by atoms with E-state index < -0.39 is 0 Å². The first kappa shape index (κ1) is 15.5. The Morgan fingerprint density at radius 1 is 1.17 bits per heavy atom. The van der Waals surface area contributed by atoms with Crippen LogP contribution in [-0.2, 0) is 11.3 Å². The Hall–Kier alpha value is -2.36. The van der Waals surface area contributed by atoms with Gasteiger partial charge in [-0.3, -0.25) is 9.78 Å². The first-order chi connectivity index (χ1) is 11.3. The number of amides is 1. The van der Waals surface area contributed by atoms with E-state index in [0.29, 0.717) is 18.9 Å². The Bertz CT molecular complexity index is 657. The van der Waals surface area contributed by atoms with E-state index in [2.05, 4.69) is 29.2 Å². The van der Waals surface area contributed by atoms with Gasteiger partial charge in [0, 0.05) is 19.2 Å². The van der Waals surface area contributed by atoms with E-state index in [9.17, 15) is 4.79 Å². The fourth-order valence-electron chi connectivity index (χ4n) is 3.17. The van der Waals surface area contributed by atoms with Crippen molar-refractivity contribution in [1.29, 1.82) is 0 Å². The maximum atomic E-state index is 12.5. The van der Waals surface area contributed by atoms with Gasteiger partial charge in [-0.2, -0.15) is 0 Å². The lowest BCUT2D eigenvalue weighted by Gasteiger charge is -2.21. The molecule has 1 saturated heterocycles. The largest absolute Gasteiger partial charge is 0.495 e. The van der Waals surface area contributed by atoms with Gasteiger partial charge in [0.05, 0.1) is 13.7 Å². The molecule has 1 aliphatic rings. The van der Waals surface area contributed by atoms with Crippen molar-refractivity contribution in [2.24, 2.45) is 0 Å². The van der Waals surface area contributed by atoms with Gasteiger partial charge in [-0.25, -0.2) is 0 Å². The molecule has 1 unspecified atom stereocenters. The quantitative estimate of drug-likeness (QED) is 0.869. The van der Waals surface area contributed by atoms with Crippen molar-refractivity contribution in [2.45, 2.75) is 31.7 Å². The van der Waals surface area contributed by atoms with Crippen LogP contribution in [0.15, 0.2) is 48.7 Å². The molecule has 0 spiro atoms. The van der Waals surface area contributed by atoms with E-state index in [1.165, 1.54) is 5.56 Å². The number of aromatic nitrogens is 1. The fourth-order valence-corrected chi connectivity index (χ4v) is 3.17. The molecule has 1 aliphatic heterocycles. The second kappa shape index (κ2) is 7.27. The van der Waals surface area contributed by atoms with Crippen molar-refractivity contribution in [2.75, 3.05) is 13.7 Å². The summed E-state index contributed by atoms with van der Waals surface area (Å²) in [6, 6.07) is 14.2. The molecule has 0 N–H and O–H groups in total. The molecule has 4 nitrogen and oxygen atoms in total. The van der Waals surface area contributed by atoms with Crippen LogP contribution in [0.3, 0.4) is 0 Å². The Morgan fingerprint density at radius 3 is 2.78 bits per heavy atom. The number of methoxy groups -OCH3 is 1. The first-order valence-electron chi connectivity index (χ1n) is 8.08. The number of rotatable bonds is 4. The van der Waals surface area contributed by atoms with Crippen LogP contribution in [0.25, 0.3) is 0 Å². The van der Waals surface area contributed by atoms with Crippen LogP contribution in [0.1, 0.15) is 36.4 Å². The Morgan fingerprint density at radius 2 is 2.00 bits per heavy atom. The molecule has 4 heteroatoms. The standard InChI is InChI=1S/C19H22N2O2/c1-23-18-8-5-12-20-17(18)14-21-13-11-16(9-10-19(21)22)15-6-3-2-4-7-15/h2-8,12,16H,9-11,13-14H2,1H3. The summed E-state index contributed by atoms with van der Waals surface area (Å²) in [5, 5.41) is 0. The molecular weight excluding hydrogens is 288 g/mol. The van der Waals surface area contributed by atoms with E-state index in [1.54, 1.807) is 13.3 Å². The normalized spacial score (nSPS) is 18.6. The van der Waals surface area contributed by atoms with Crippen LogP contribution in [0.2, 0.25) is 0 Å². The van der Waals surface area contributed by atoms with Crippen molar-refractivity contribution in [1.82, 2.24) is 9.88 Å². The van der Waals surface area contributed by atoms with E-state index in [-0.39, 0.29) is 5.91 Å². The van der Waals surface area contributed by atoms with Gasteiger partial charge in [-0.05, 0) is 36.5 Å². The average Bonchev–Trinajstić information content (AvgIpc) is 2.79. The van der Waals surface area contributed by atoms with E-state index in [0.717, 1.165) is 30.8 Å². The highest BCUT2D eigenvalue weighted by molar-refractivity contribution is 5.76. The van der Waals surface area contributed by atoms with Crippen molar-refractivity contribution in [3.05, 3.63) is 59.9 Å². The minimum atomic E-state index is 0.205. The third kappa shape index (κ3) is 3.70. The van der Waals surface area contributed by atoms with Gasteiger partial charge in [0.25, 0.3) is 0 Å². The Kier molecular flexibility index (Phi) is 4.91. The number of likely N-dealkylation sites (tertiary alicyclic amines) is 1. The number of benzene rings is 1. The Balaban J connectivity index is 1.71. The first-order valence-corrected chi connectivity index (χ1v) is 8.08. The van der Waals surface area contributed by atoms with Crippen molar-refractivity contribution in [3.63, 3.8) is 0 Å². The van der Waals surface area contributed by atoms with Crippen LogP contribution < -0.4 is 4.74 Å². The number of pyridine rings is 1. The smallest absolute Gasteiger partial charge is 0.222 e. The Labute approximate surface area is 137 Å². The molecule has 0 radical (unpaired) electrons. The molecular formula is C19H22N2O2. The second-order valence-corrected chi connectivity index (χ2v) is 5.90. The van der Waals surface area contributed by atoms with Crippen LogP contribution in [0.5, 0.6) is 5.75 Å². The average molecular weight is 310 g/mol. The lowest BCUT2D eigenvalue weighted by Crippen LogP contribution is -2.30. The number of carbonyl (C=O) groups is 1. The monoisotopic (exact) mass is 310 g/mol. The molecule has 1 atom stereocenters. The summed E-state index contributed by atoms with van der Waals surface area (Å²) < 4.78 is 5.34. The van der Waals surface area contributed by atoms with Gasteiger partial charge in [-0.1, -0.05) is 30.3 Å². The maximum Gasteiger partial charge on any atom is 0.222 e. The zero-order valence-electron chi connectivity index (χ0n) is 13.4. The van der Waals surface area contributed by atoms with Gasteiger partial charge >= 0.3 is 0 Å². The molecule has 0 aliphatic carbocycles. The number of hydrogen-bond donors (Lipinski definition) is 0. The predicted molar refractivity (Wildman–Crippen MR) is 89.2 cm³/mol. The molecule has 0 bridgehead atoms. The second-order valence-electron chi connectivity index (χ2n) is 5.90. The summed E-state index contributed by atoms with van der Waals surface area (Å²) in [6.07, 6.45) is 4.24. The van der Waals surface area contributed by atoms with E-state index >= 15 is 0 Å². The highest BCUT2D eigenvalue weighted by Crippen LogP contribution is 2.29. The van der Waals surface area contributed by atoms with Crippen molar-refractivity contribution in [3.8, 4) is 5.75 Å². The molecule has 1 aromatic carbocycles. The number of carbonyl (C=O) groups excluding carboxylic acids is 1.